The summed E-state index contributed by atoms with van der Waals surface area (Å²) < 4.78 is 1.77. The third-order valence-electron chi connectivity index (χ3n) is 3.07. The lowest BCUT2D eigenvalue weighted by Gasteiger charge is -2.24. The molecule has 0 aromatic heterocycles. The summed E-state index contributed by atoms with van der Waals surface area (Å²) in [4.78, 5) is 25.7. The van der Waals surface area contributed by atoms with E-state index in [0.717, 1.165) is 14.6 Å². The first-order valence-corrected chi connectivity index (χ1v) is 7.67. The minimum Gasteiger partial charge on any atom is -0.344 e. The molecule has 1 atom stereocenters. The minimum absolute atomic E-state index is 0.0589. The molecule has 102 valence electrons. The summed E-state index contributed by atoms with van der Waals surface area (Å²) in [5, 5.41) is 2.75. The monoisotopic (exact) mass is 388 g/mol. The number of hydrogen-bond acceptors (Lipinski definition) is 2. The molecule has 1 saturated heterocycles. The molecule has 0 aliphatic carbocycles. The molecule has 1 unspecified atom stereocenters. The fourth-order valence-corrected chi connectivity index (χ4v) is 3.32. The second-order valence-electron chi connectivity index (χ2n) is 4.36. The van der Waals surface area contributed by atoms with Gasteiger partial charge in [0.15, 0.2) is 0 Å². The summed E-state index contributed by atoms with van der Waals surface area (Å²) in [6.45, 7) is 2.30. The lowest BCUT2D eigenvalue weighted by molar-refractivity contribution is -0.125. The van der Waals surface area contributed by atoms with Gasteiger partial charge in [-0.2, -0.15) is 0 Å². The normalized spacial score (nSPS) is 20.2. The Kier molecular flexibility index (Phi) is 4.62. The molecule has 1 N–H and O–H groups in total. The number of amides is 2. The van der Waals surface area contributed by atoms with E-state index in [1.54, 1.807) is 4.90 Å². The van der Waals surface area contributed by atoms with Crippen LogP contribution in [0.5, 0.6) is 0 Å². The zero-order chi connectivity index (χ0) is 14.0. The highest BCUT2D eigenvalue weighted by molar-refractivity contribution is 9.11. The maximum absolute atomic E-state index is 12.4. The molecule has 1 aromatic carbocycles. The van der Waals surface area contributed by atoms with E-state index in [-0.39, 0.29) is 11.8 Å². The van der Waals surface area contributed by atoms with Gasteiger partial charge in [-0.3, -0.25) is 9.59 Å². The maximum atomic E-state index is 12.4. The van der Waals surface area contributed by atoms with Crippen molar-refractivity contribution in [3.63, 3.8) is 0 Å². The number of anilines is 1. The third kappa shape index (κ3) is 3.17. The minimum atomic E-state index is -0.439. The number of nitrogens with zero attached hydrogens (tertiary/aromatic N) is 1. The predicted molar refractivity (Wildman–Crippen MR) is 81.0 cm³/mol. The predicted octanol–water partition coefficient (Wildman–Crippen LogP) is 2.84. The molecule has 2 amide bonds. The lowest BCUT2D eigenvalue weighted by Crippen LogP contribution is -2.44. The largest absolute Gasteiger partial charge is 0.344 e. The van der Waals surface area contributed by atoms with E-state index < -0.39 is 6.04 Å². The van der Waals surface area contributed by atoms with Crippen LogP contribution in [-0.4, -0.2) is 24.4 Å². The molecule has 0 spiro atoms. The van der Waals surface area contributed by atoms with Crippen molar-refractivity contribution in [2.75, 3.05) is 11.4 Å². The Bertz CT molecular complexity index is 519. The van der Waals surface area contributed by atoms with Crippen molar-refractivity contribution >= 4 is 49.4 Å². The van der Waals surface area contributed by atoms with Crippen molar-refractivity contribution in [1.29, 1.82) is 0 Å². The van der Waals surface area contributed by atoms with Gasteiger partial charge in [0.05, 0.1) is 5.69 Å². The highest BCUT2D eigenvalue weighted by Crippen LogP contribution is 2.30. The van der Waals surface area contributed by atoms with Gasteiger partial charge in [0.2, 0.25) is 11.8 Å². The molecule has 0 bridgehead atoms. The zero-order valence-corrected chi connectivity index (χ0v) is 13.6. The van der Waals surface area contributed by atoms with Gasteiger partial charge in [0.25, 0.3) is 0 Å². The fourth-order valence-electron chi connectivity index (χ4n) is 2.06. The highest BCUT2D eigenvalue weighted by Gasteiger charge is 2.30. The Balaban J connectivity index is 2.36. The zero-order valence-electron chi connectivity index (χ0n) is 10.5. The number of carbonyl (C=O) groups is 2. The standard InChI is InChI=1S/C13H14Br2N2O2/c1-2-10-13(19)17(6-5-12(18)16-10)11-4-3-8(14)7-9(11)15/h3-4,7,10H,2,5-6H2,1H3,(H,16,18). The summed E-state index contributed by atoms with van der Waals surface area (Å²) in [5.41, 5.74) is 0.795. The van der Waals surface area contributed by atoms with Crippen LogP contribution in [0.3, 0.4) is 0 Å². The van der Waals surface area contributed by atoms with Crippen LogP contribution >= 0.6 is 31.9 Å². The van der Waals surface area contributed by atoms with Crippen LogP contribution in [0.1, 0.15) is 19.8 Å². The van der Waals surface area contributed by atoms with E-state index in [9.17, 15) is 9.59 Å². The molecule has 1 aliphatic rings. The third-order valence-corrected chi connectivity index (χ3v) is 4.20. The molecule has 1 aromatic rings. The molecule has 19 heavy (non-hydrogen) atoms. The lowest BCUT2D eigenvalue weighted by atomic mass is 10.2. The van der Waals surface area contributed by atoms with E-state index in [0.29, 0.717) is 19.4 Å². The van der Waals surface area contributed by atoms with Crippen LogP contribution in [-0.2, 0) is 9.59 Å². The van der Waals surface area contributed by atoms with Crippen LogP contribution in [0.4, 0.5) is 5.69 Å². The summed E-state index contributed by atoms with van der Waals surface area (Å²) in [7, 11) is 0. The second kappa shape index (κ2) is 6.05. The van der Waals surface area contributed by atoms with Crippen molar-refractivity contribution in [3.05, 3.63) is 27.1 Å². The second-order valence-corrected chi connectivity index (χ2v) is 6.13. The van der Waals surface area contributed by atoms with E-state index >= 15 is 0 Å². The summed E-state index contributed by atoms with van der Waals surface area (Å²) in [6.07, 6.45) is 0.917. The van der Waals surface area contributed by atoms with Crippen LogP contribution in [0.15, 0.2) is 27.1 Å². The molecule has 0 saturated carbocycles. The summed E-state index contributed by atoms with van der Waals surface area (Å²) >= 11 is 6.85. The Morgan fingerprint density at radius 2 is 2.11 bits per heavy atom. The van der Waals surface area contributed by atoms with Crippen molar-refractivity contribution in [2.24, 2.45) is 0 Å². The molecule has 1 aliphatic heterocycles. The first-order valence-electron chi connectivity index (χ1n) is 6.08. The van der Waals surface area contributed by atoms with Gasteiger partial charge in [-0.25, -0.2) is 0 Å². The van der Waals surface area contributed by atoms with E-state index in [1.165, 1.54) is 0 Å². The first kappa shape index (κ1) is 14.5. The average Bonchev–Trinajstić information content (AvgIpc) is 2.50. The Morgan fingerprint density at radius 1 is 1.37 bits per heavy atom. The maximum Gasteiger partial charge on any atom is 0.249 e. The fraction of sp³-hybridized carbons (Fsp3) is 0.385. The van der Waals surface area contributed by atoms with Crippen LogP contribution in [0.2, 0.25) is 0 Å². The molecule has 2 rings (SSSR count). The van der Waals surface area contributed by atoms with Gasteiger partial charge in [0, 0.05) is 21.9 Å². The quantitative estimate of drug-likeness (QED) is 0.845. The van der Waals surface area contributed by atoms with Gasteiger partial charge in [0.1, 0.15) is 6.04 Å². The highest BCUT2D eigenvalue weighted by atomic mass is 79.9. The van der Waals surface area contributed by atoms with Crippen LogP contribution in [0, 0.1) is 0 Å². The van der Waals surface area contributed by atoms with E-state index in [2.05, 4.69) is 37.2 Å². The van der Waals surface area contributed by atoms with Crippen LogP contribution in [0.25, 0.3) is 0 Å². The topological polar surface area (TPSA) is 49.4 Å². The SMILES string of the molecule is CCC1NC(=O)CCN(c2ccc(Br)cc2Br)C1=O. The average molecular weight is 390 g/mol. The number of halogens is 2. The van der Waals surface area contributed by atoms with Crippen LogP contribution < -0.4 is 10.2 Å². The number of hydrogen-bond donors (Lipinski definition) is 1. The first-order chi connectivity index (χ1) is 9.02. The van der Waals surface area contributed by atoms with Gasteiger partial charge in [-0.1, -0.05) is 22.9 Å². The Labute approximate surface area is 128 Å². The molecule has 1 fully saturated rings. The molecular formula is C13H14Br2N2O2. The van der Waals surface area contributed by atoms with Gasteiger partial charge in [-0.05, 0) is 40.5 Å². The Hall–Kier alpha value is -0.880. The number of rotatable bonds is 2. The molecular weight excluding hydrogens is 376 g/mol. The molecule has 1 heterocycles. The number of benzene rings is 1. The molecule has 0 radical (unpaired) electrons. The van der Waals surface area contributed by atoms with Gasteiger partial charge in [-0.15, -0.1) is 0 Å². The van der Waals surface area contributed by atoms with Crippen molar-refractivity contribution < 1.29 is 9.59 Å². The van der Waals surface area contributed by atoms with E-state index in [1.807, 2.05) is 25.1 Å². The van der Waals surface area contributed by atoms with Crippen molar-refractivity contribution in [2.45, 2.75) is 25.8 Å². The molecule has 4 nitrogen and oxygen atoms in total. The van der Waals surface area contributed by atoms with Gasteiger partial charge >= 0.3 is 0 Å². The Morgan fingerprint density at radius 3 is 2.74 bits per heavy atom. The number of carbonyl (C=O) groups excluding carboxylic acids is 2. The number of nitrogens with one attached hydrogen (secondary N) is 1. The van der Waals surface area contributed by atoms with E-state index in [4.69, 9.17) is 0 Å². The smallest absolute Gasteiger partial charge is 0.249 e. The summed E-state index contributed by atoms with van der Waals surface area (Å²) in [5.74, 6) is -0.132. The van der Waals surface area contributed by atoms with Crippen molar-refractivity contribution in [3.8, 4) is 0 Å². The molecule has 6 heteroatoms. The van der Waals surface area contributed by atoms with Crippen molar-refractivity contribution in [1.82, 2.24) is 5.32 Å². The van der Waals surface area contributed by atoms with Gasteiger partial charge < -0.3 is 10.2 Å². The summed E-state index contributed by atoms with van der Waals surface area (Å²) in [6, 6.07) is 5.21.